The second-order valence-electron chi connectivity index (χ2n) is 11.5. The van der Waals surface area contributed by atoms with E-state index in [4.69, 9.17) is 24.4 Å². The van der Waals surface area contributed by atoms with Crippen molar-refractivity contribution >= 4 is 33.0 Å². The van der Waals surface area contributed by atoms with E-state index in [1.165, 1.54) is 0 Å². The Bertz CT molecular complexity index is 2540. The Balaban J connectivity index is 1.30. The molecular weight excluding hydrogens is 576 g/mol. The Hall–Kier alpha value is -6.46. The quantitative estimate of drug-likeness (QED) is 0.196. The maximum atomic E-state index is 6.61. The third-order valence-electron chi connectivity index (χ3n) is 8.56. The highest BCUT2D eigenvalue weighted by Crippen LogP contribution is 2.42. The van der Waals surface area contributed by atoms with Crippen molar-refractivity contribution in [1.29, 1.82) is 0 Å². The average Bonchev–Trinajstić information content (AvgIpc) is 3.53. The fourth-order valence-electron chi connectivity index (χ4n) is 6.22. The number of fused-ring (bicyclic) bond motifs is 4. The number of para-hydroxylation sites is 1. The van der Waals surface area contributed by atoms with Crippen molar-refractivity contribution in [1.82, 2.24) is 19.9 Å². The molecule has 0 radical (unpaired) electrons. The highest BCUT2D eigenvalue weighted by molar-refractivity contribution is 6.16. The molecule has 9 rings (SSSR count). The second-order valence-corrected chi connectivity index (χ2v) is 11.5. The van der Waals surface area contributed by atoms with Crippen LogP contribution >= 0.6 is 0 Å². The van der Waals surface area contributed by atoms with Gasteiger partial charge in [-0.3, -0.25) is 0 Å². The van der Waals surface area contributed by atoms with Crippen LogP contribution in [0, 0.1) is 0 Å². The molecule has 5 nitrogen and oxygen atoms in total. The molecule has 220 valence electrons. The number of nitrogens with zero attached hydrogens (tertiary/aromatic N) is 4. The molecule has 9 aromatic rings. The summed E-state index contributed by atoms with van der Waals surface area (Å²) in [7, 11) is 0. The smallest absolute Gasteiger partial charge is 0.227 e. The molecule has 0 unspecified atom stereocenters. The predicted octanol–water partition coefficient (Wildman–Crippen LogP) is 10.7. The summed E-state index contributed by atoms with van der Waals surface area (Å²) < 4.78 is 6.61. The van der Waals surface area contributed by atoms with Crippen LogP contribution in [-0.4, -0.2) is 19.9 Å². The molecular formula is C42H26N4O. The summed E-state index contributed by atoms with van der Waals surface area (Å²) >= 11 is 0. The van der Waals surface area contributed by atoms with Gasteiger partial charge in [0.15, 0.2) is 17.5 Å². The van der Waals surface area contributed by atoms with Gasteiger partial charge < -0.3 is 4.42 Å². The van der Waals surface area contributed by atoms with Crippen LogP contribution in [-0.2, 0) is 0 Å². The van der Waals surface area contributed by atoms with Crippen molar-refractivity contribution in [2.24, 2.45) is 0 Å². The van der Waals surface area contributed by atoms with Gasteiger partial charge in [0.1, 0.15) is 5.58 Å². The van der Waals surface area contributed by atoms with E-state index in [9.17, 15) is 0 Å². The molecule has 0 fully saturated rings. The first-order valence-electron chi connectivity index (χ1n) is 15.6. The molecule has 0 N–H and O–H groups in total. The average molecular weight is 603 g/mol. The van der Waals surface area contributed by atoms with Crippen LogP contribution in [0.2, 0.25) is 0 Å². The lowest BCUT2D eigenvalue weighted by atomic mass is 9.98. The monoisotopic (exact) mass is 602 g/mol. The zero-order chi connectivity index (χ0) is 31.2. The first kappa shape index (κ1) is 26.9. The topological polar surface area (TPSA) is 64.7 Å². The summed E-state index contributed by atoms with van der Waals surface area (Å²) in [5.41, 5.74) is 9.25. The van der Waals surface area contributed by atoms with E-state index >= 15 is 0 Å². The Kier molecular flexibility index (Phi) is 6.39. The van der Waals surface area contributed by atoms with Crippen LogP contribution in [0.4, 0.5) is 0 Å². The molecule has 0 saturated carbocycles. The molecule has 0 atom stereocenters. The van der Waals surface area contributed by atoms with Gasteiger partial charge in [-0.05, 0) is 41.0 Å². The molecule has 47 heavy (non-hydrogen) atoms. The lowest BCUT2D eigenvalue weighted by Gasteiger charge is -2.11. The SMILES string of the molecule is c1ccc(-c2ccc(-c3nc(-c4ccccc4)nc(-c4ccc(-c5ccccc5)c5oc6nc7ccccc7cc6c45)n3)cc2)cc1. The summed E-state index contributed by atoms with van der Waals surface area (Å²) in [5.74, 6) is 1.78. The Labute approximate surface area is 270 Å². The van der Waals surface area contributed by atoms with Crippen molar-refractivity contribution in [3.8, 4) is 56.4 Å². The normalized spacial score (nSPS) is 11.4. The lowest BCUT2D eigenvalue weighted by Crippen LogP contribution is -2.00. The van der Waals surface area contributed by atoms with Gasteiger partial charge in [0, 0.05) is 38.4 Å². The first-order valence-corrected chi connectivity index (χ1v) is 15.6. The number of furan rings is 1. The van der Waals surface area contributed by atoms with Gasteiger partial charge in [0.2, 0.25) is 5.71 Å². The number of aromatic nitrogens is 4. The maximum absolute atomic E-state index is 6.61. The van der Waals surface area contributed by atoms with Crippen molar-refractivity contribution in [2.75, 3.05) is 0 Å². The summed E-state index contributed by atoms with van der Waals surface area (Å²) in [5, 5.41) is 2.88. The molecule has 0 spiro atoms. The van der Waals surface area contributed by atoms with Gasteiger partial charge in [-0.15, -0.1) is 0 Å². The molecule has 0 aliphatic carbocycles. The Morgan fingerprint density at radius 2 is 0.894 bits per heavy atom. The minimum atomic E-state index is 0.571. The van der Waals surface area contributed by atoms with Gasteiger partial charge in [-0.2, -0.15) is 0 Å². The van der Waals surface area contributed by atoms with E-state index in [2.05, 4.69) is 84.9 Å². The standard InChI is InChI=1S/C42H26N4O/c1-4-12-27(13-5-1)28-20-22-31(23-21-28)40-44-39(30-16-8-3-9-17-30)45-41(46-40)34-25-24-33(29-14-6-2-7-15-29)38-37(34)35-26-32-18-10-11-19-36(32)43-42(35)47-38/h1-26H. The third kappa shape index (κ3) is 4.82. The molecule has 0 aliphatic rings. The van der Waals surface area contributed by atoms with E-state index in [1.54, 1.807) is 0 Å². The van der Waals surface area contributed by atoms with Gasteiger partial charge in [0.25, 0.3) is 0 Å². The molecule has 0 saturated heterocycles. The summed E-state index contributed by atoms with van der Waals surface area (Å²) in [6.07, 6.45) is 0. The fraction of sp³-hybridized carbons (Fsp3) is 0. The van der Waals surface area contributed by atoms with E-state index in [1.807, 2.05) is 72.8 Å². The number of rotatable bonds is 5. The zero-order valence-electron chi connectivity index (χ0n) is 25.2. The van der Waals surface area contributed by atoms with Gasteiger partial charge >= 0.3 is 0 Å². The number of benzene rings is 6. The molecule has 0 amide bonds. The van der Waals surface area contributed by atoms with Crippen LogP contribution in [0.1, 0.15) is 0 Å². The van der Waals surface area contributed by atoms with Gasteiger partial charge in [-0.25, -0.2) is 19.9 Å². The summed E-state index contributed by atoms with van der Waals surface area (Å²) in [6.45, 7) is 0. The lowest BCUT2D eigenvalue weighted by molar-refractivity contribution is 0.657. The van der Waals surface area contributed by atoms with E-state index in [0.29, 0.717) is 23.2 Å². The summed E-state index contributed by atoms with van der Waals surface area (Å²) in [4.78, 5) is 20.1. The zero-order valence-corrected chi connectivity index (χ0v) is 25.2. The molecule has 3 aromatic heterocycles. The van der Waals surface area contributed by atoms with Crippen molar-refractivity contribution in [3.63, 3.8) is 0 Å². The fourth-order valence-corrected chi connectivity index (χ4v) is 6.22. The van der Waals surface area contributed by atoms with Crippen molar-refractivity contribution < 1.29 is 4.42 Å². The van der Waals surface area contributed by atoms with E-state index in [-0.39, 0.29) is 0 Å². The first-order chi connectivity index (χ1) is 23.3. The number of pyridine rings is 1. The van der Waals surface area contributed by atoms with Crippen molar-refractivity contribution in [2.45, 2.75) is 0 Å². The van der Waals surface area contributed by atoms with Gasteiger partial charge in [-0.1, -0.05) is 133 Å². The number of hydrogen-bond acceptors (Lipinski definition) is 5. The molecule has 0 aliphatic heterocycles. The van der Waals surface area contributed by atoms with Crippen LogP contribution in [0.25, 0.3) is 89.4 Å². The highest BCUT2D eigenvalue weighted by Gasteiger charge is 2.21. The maximum Gasteiger partial charge on any atom is 0.227 e. The minimum absolute atomic E-state index is 0.571. The molecule has 5 heteroatoms. The second kappa shape index (κ2) is 11.2. The Morgan fingerprint density at radius 1 is 0.383 bits per heavy atom. The Morgan fingerprint density at radius 3 is 1.60 bits per heavy atom. The van der Waals surface area contributed by atoms with E-state index in [0.717, 1.165) is 66.2 Å². The predicted molar refractivity (Wildman–Crippen MR) is 190 cm³/mol. The molecule has 0 bridgehead atoms. The molecule has 3 heterocycles. The van der Waals surface area contributed by atoms with Gasteiger partial charge in [0.05, 0.1) is 5.52 Å². The number of hydrogen-bond donors (Lipinski definition) is 0. The minimum Gasteiger partial charge on any atom is -0.437 e. The van der Waals surface area contributed by atoms with Crippen LogP contribution in [0.3, 0.4) is 0 Å². The van der Waals surface area contributed by atoms with Crippen molar-refractivity contribution in [3.05, 3.63) is 158 Å². The van der Waals surface area contributed by atoms with E-state index < -0.39 is 0 Å². The highest BCUT2D eigenvalue weighted by atomic mass is 16.3. The molecule has 6 aromatic carbocycles. The van der Waals surface area contributed by atoms with Crippen LogP contribution in [0.5, 0.6) is 0 Å². The van der Waals surface area contributed by atoms with Crippen LogP contribution < -0.4 is 0 Å². The van der Waals surface area contributed by atoms with Crippen LogP contribution in [0.15, 0.2) is 162 Å². The third-order valence-corrected chi connectivity index (χ3v) is 8.56. The largest absolute Gasteiger partial charge is 0.437 e. The summed E-state index contributed by atoms with van der Waals surface area (Å²) in [6, 6.07) is 53.5.